The van der Waals surface area contributed by atoms with Crippen molar-refractivity contribution in [2.24, 2.45) is 0 Å². The van der Waals surface area contributed by atoms with Crippen LogP contribution in [0.1, 0.15) is 130 Å². The second-order valence-corrected chi connectivity index (χ2v) is 24.4. The molecule has 1 aliphatic rings. The van der Waals surface area contributed by atoms with Crippen LogP contribution in [0.4, 0.5) is 22.7 Å². The van der Waals surface area contributed by atoms with Crippen molar-refractivity contribution in [1.82, 2.24) is 9.55 Å². The molecule has 380 valence electrons. The number of hydrogen-bond donors (Lipinski definition) is 0. The summed E-state index contributed by atoms with van der Waals surface area (Å²) in [5, 5.41) is 2.21. The van der Waals surface area contributed by atoms with E-state index >= 15 is 0 Å². The van der Waals surface area contributed by atoms with Crippen LogP contribution in [0.3, 0.4) is 0 Å². The molecule has 0 radical (unpaired) electrons. The smallest absolute Gasteiger partial charge is 0.509 e. The van der Waals surface area contributed by atoms with Gasteiger partial charge in [0.1, 0.15) is 5.82 Å². The monoisotopic (exact) mass is 1160 g/mol. The average Bonchev–Trinajstić information content (AvgIpc) is 3.88. The van der Waals surface area contributed by atoms with E-state index in [9.17, 15) is 0 Å². The van der Waals surface area contributed by atoms with Crippen LogP contribution in [0.25, 0.3) is 38.8 Å². The largest absolute Gasteiger partial charge is 4.00 e. The molecule has 6 heteroatoms. The maximum absolute atomic E-state index is 6.84. The maximum atomic E-state index is 6.84. The molecule has 0 fully saturated rings. The molecule has 3 heterocycles. The van der Waals surface area contributed by atoms with Crippen LogP contribution in [0.2, 0.25) is 0 Å². The fourth-order valence-electron chi connectivity index (χ4n) is 10.2. The molecule has 7 aromatic carbocycles. The van der Waals surface area contributed by atoms with Gasteiger partial charge in [0, 0.05) is 45.7 Å². The van der Waals surface area contributed by atoms with Gasteiger partial charge >= 0.3 is 21.1 Å². The van der Waals surface area contributed by atoms with Crippen molar-refractivity contribution in [2.45, 2.75) is 124 Å². The molecule has 0 saturated heterocycles. The second kappa shape index (κ2) is 19.7. The summed E-state index contributed by atoms with van der Waals surface area (Å²) in [7, 11) is 0. The van der Waals surface area contributed by atoms with Gasteiger partial charge in [-0.2, -0.15) is 12.1 Å². The molecule has 0 unspecified atom stereocenters. The van der Waals surface area contributed by atoms with Crippen molar-refractivity contribution < 1.29 is 25.8 Å². The summed E-state index contributed by atoms with van der Waals surface area (Å²) in [6, 6.07) is 62.3. The zero-order chi connectivity index (χ0) is 51.1. The van der Waals surface area contributed by atoms with Crippen LogP contribution in [-0.4, -0.2) is 9.55 Å². The Bertz CT molecular complexity index is 3490. The standard InChI is InChI=1S/C67H69N4O.CH3.Pt/c1-63(2,3)47-32-33-68-62(38-47)71-58-31-28-45(44-22-17-15-18-23-44)34-55(58)54-30-29-53(40-59(54)71)72-52-27-21-26-50(39-52)69-43-70(61-42-57(66(10,11)12)56(41-60(61)69)65(7,8)9)51-36-48(64(4,5)6)35-49(37-51)67(13,14)46-24-19-16-20-25-46;;/h15-38,41-43H,1-14H3;1H3;/q-3;-1;+4. The summed E-state index contributed by atoms with van der Waals surface area (Å²) in [6.07, 6.45) is 1.92. The topological polar surface area (TPSA) is 33.5 Å². The second-order valence-electron chi connectivity index (χ2n) is 24.4. The van der Waals surface area contributed by atoms with Crippen LogP contribution in [0.15, 0.2) is 158 Å². The van der Waals surface area contributed by atoms with Gasteiger partial charge in [-0.05, 0) is 114 Å². The Hall–Kier alpha value is -6.42. The van der Waals surface area contributed by atoms with Crippen molar-refractivity contribution in [3.05, 3.63) is 217 Å². The van der Waals surface area contributed by atoms with Gasteiger partial charge in [0.15, 0.2) is 0 Å². The third-order valence-electron chi connectivity index (χ3n) is 14.6. The van der Waals surface area contributed by atoms with E-state index in [4.69, 9.17) is 9.72 Å². The van der Waals surface area contributed by atoms with Gasteiger partial charge < -0.3 is 26.5 Å². The first-order valence-electron chi connectivity index (χ1n) is 25.5. The number of nitrogens with zero attached hydrogens (tertiary/aromatic N) is 4. The predicted molar refractivity (Wildman–Crippen MR) is 309 cm³/mol. The quantitative estimate of drug-likeness (QED) is 0.142. The van der Waals surface area contributed by atoms with Gasteiger partial charge in [0.25, 0.3) is 0 Å². The van der Waals surface area contributed by atoms with Crippen molar-refractivity contribution in [3.63, 3.8) is 0 Å². The molecule has 5 nitrogen and oxygen atoms in total. The number of rotatable bonds is 8. The SMILES string of the molecule is CC(C)(C)c1cc(N2[CH-]N(c3[c-]c(Oc4[c-]c5c(cc4)c4cc(-c6ccccc6)ccc4n5-c4cc(C(C)(C)C)ccn4)ccc3)c3cc(C(C)(C)C)c(C(C)(C)C)cc32)cc(C(C)(C)c2ccccc2)c1.[CH3-].[Pt+4]. The Kier molecular flexibility index (Phi) is 14.3. The van der Waals surface area contributed by atoms with E-state index in [0.29, 0.717) is 11.5 Å². The zero-order valence-corrected chi connectivity index (χ0v) is 48.4. The maximum Gasteiger partial charge on any atom is 4.00 e. The molecule has 0 saturated carbocycles. The van der Waals surface area contributed by atoms with E-state index in [1.165, 1.54) is 38.9 Å². The first-order valence-corrected chi connectivity index (χ1v) is 25.5. The Morgan fingerprint density at radius 3 is 1.72 bits per heavy atom. The van der Waals surface area contributed by atoms with Gasteiger partial charge in [-0.3, -0.25) is 0 Å². The number of anilines is 4. The van der Waals surface area contributed by atoms with Crippen molar-refractivity contribution >= 4 is 44.6 Å². The van der Waals surface area contributed by atoms with E-state index in [2.05, 4.69) is 270 Å². The number of pyridine rings is 1. The summed E-state index contributed by atoms with van der Waals surface area (Å²) in [5.41, 5.74) is 15.7. The molecule has 74 heavy (non-hydrogen) atoms. The number of benzene rings is 7. The van der Waals surface area contributed by atoms with Gasteiger partial charge in [-0.25, -0.2) is 4.98 Å². The van der Waals surface area contributed by atoms with Crippen molar-refractivity contribution in [3.8, 4) is 28.4 Å². The molecule has 0 bridgehead atoms. The Balaban J connectivity index is 0.00000364. The molecule has 0 aliphatic carbocycles. The third kappa shape index (κ3) is 10.2. The van der Waals surface area contributed by atoms with E-state index in [1.54, 1.807) is 0 Å². The summed E-state index contributed by atoms with van der Waals surface area (Å²) in [4.78, 5) is 9.65. The van der Waals surface area contributed by atoms with Gasteiger partial charge in [-0.1, -0.05) is 181 Å². The summed E-state index contributed by atoms with van der Waals surface area (Å²) < 4.78 is 9.06. The minimum atomic E-state index is -0.238. The average molecular weight is 1160 g/mol. The minimum absolute atomic E-state index is 0. The number of hydrogen-bond acceptors (Lipinski definition) is 4. The molecule has 10 rings (SSSR count). The molecule has 2 aromatic heterocycles. The molecule has 0 spiro atoms. The normalized spacial score (nSPS) is 13.2. The van der Waals surface area contributed by atoms with Crippen molar-refractivity contribution in [2.75, 3.05) is 9.80 Å². The Morgan fingerprint density at radius 2 is 1.08 bits per heavy atom. The molecule has 0 atom stereocenters. The molecular formula is C68H72N4OPt. The number of ether oxygens (including phenoxy) is 1. The van der Waals surface area contributed by atoms with Crippen LogP contribution >= 0.6 is 0 Å². The van der Waals surface area contributed by atoms with Crippen LogP contribution < -0.4 is 14.5 Å². The van der Waals surface area contributed by atoms with E-state index < -0.39 is 0 Å². The van der Waals surface area contributed by atoms with E-state index in [1.807, 2.05) is 18.3 Å². The predicted octanol–water partition coefficient (Wildman–Crippen LogP) is 18.6. The van der Waals surface area contributed by atoms with Gasteiger partial charge in [0.05, 0.1) is 0 Å². The summed E-state index contributed by atoms with van der Waals surface area (Å²) in [5.74, 6) is 2.04. The Labute approximate surface area is 456 Å². The number of fused-ring (bicyclic) bond motifs is 4. The molecule has 9 aromatic rings. The molecular weight excluding hydrogens is 1080 g/mol. The summed E-state index contributed by atoms with van der Waals surface area (Å²) in [6.45, 7) is 34.5. The van der Waals surface area contributed by atoms with Gasteiger partial charge in [-0.15, -0.1) is 48.1 Å². The summed E-state index contributed by atoms with van der Waals surface area (Å²) >= 11 is 0. The number of aromatic nitrogens is 2. The minimum Gasteiger partial charge on any atom is -0.509 e. The zero-order valence-electron chi connectivity index (χ0n) is 46.1. The first-order chi connectivity index (χ1) is 33.9. The third-order valence-corrected chi connectivity index (χ3v) is 14.6. The fraction of sp³-hybridized carbons (Fsp3) is 0.279. The Morgan fingerprint density at radius 1 is 0.473 bits per heavy atom. The van der Waals surface area contributed by atoms with Crippen LogP contribution in [0.5, 0.6) is 11.5 Å². The van der Waals surface area contributed by atoms with Crippen molar-refractivity contribution in [1.29, 1.82) is 0 Å². The molecule has 1 aliphatic heterocycles. The van der Waals surface area contributed by atoms with E-state index in [0.717, 1.165) is 55.9 Å². The molecule has 0 amide bonds. The van der Waals surface area contributed by atoms with Gasteiger partial charge in [0.2, 0.25) is 0 Å². The van der Waals surface area contributed by atoms with E-state index in [-0.39, 0.29) is 55.6 Å². The first kappa shape index (κ1) is 53.9. The van der Waals surface area contributed by atoms with Crippen LogP contribution in [0, 0.1) is 26.2 Å². The van der Waals surface area contributed by atoms with Crippen LogP contribution in [-0.2, 0) is 48.1 Å². The fourth-order valence-corrected chi connectivity index (χ4v) is 10.2. The molecule has 0 N–H and O–H groups in total.